The zero-order valence-electron chi connectivity index (χ0n) is 10.5. The summed E-state index contributed by atoms with van der Waals surface area (Å²) in [6.07, 6.45) is 4.70. The van der Waals surface area contributed by atoms with Crippen LogP contribution in [0.3, 0.4) is 0 Å². The van der Waals surface area contributed by atoms with Gasteiger partial charge in [0.25, 0.3) is 5.69 Å². The molecule has 0 unspecified atom stereocenters. The molecule has 6 heteroatoms. The molecule has 0 aliphatic carbocycles. The van der Waals surface area contributed by atoms with Crippen LogP contribution in [0.1, 0.15) is 29.3 Å². The van der Waals surface area contributed by atoms with Gasteiger partial charge in [0, 0.05) is 31.2 Å². The first-order valence-corrected chi connectivity index (χ1v) is 5.69. The van der Waals surface area contributed by atoms with E-state index in [0.29, 0.717) is 24.8 Å². The highest BCUT2D eigenvalue weighted by atomic mass is 16.6. The number of carbonyl (C=O) groups excluding carboxylic acids is 2. The van der Waals surface area contributed by atoms with Crippen LogP contribution in [0.5, 0.6) is 0 Å². The van der Waals surface area contributed by atoms with Crippen molar-refractivity contribution in [1.82, 2.24) is 5.32 Å². The molecule has 0 saturated heterocycles. The summed E-state index contributed by atoms with van der Waals surface area (Å²) in [5.74, 6) is -0.0997. The summed E-state index contributed by atoms with van der Waals surface area (Å²) in [5.41, 5.74) is 0.769. The van der Waals surface area contributed by atoms with Gasteiger partial charge < -0.3 is 5.32 Å². The topological polar surface area (TPSA) is 89.3 Å². The van der Waals surface area contributed by atoms with Crippen LogP contribution in [-0.2, 0) is 4.79 Å². The molecule has 1 aromatic carbocycles. The van der Waals surface area contributed by atoms with Crippen LogP contribution in [0.2, 0.25) is 0 Å². The number of rotatable bonds is 6. The highest BCUT2D eigenvalue weighted by molar-refractivity contribution is 5.83. The molecule has 0 aliphatic rings. The fourth-order valence-corrected chi connectivity index (χ4v) is 1.47. The van der Waals surface area contributed by atoms with Crippen molar-refractivity contribution in [3.8, 4) is 0 Å². The summed E-state index contributed by atoms with van der Waals surface area (Å²) in [6.45, 7) is 1.94. The summed E-state index contributed by atoms with van der Waals surface area (Å²) in [7, 11) is 0. The third-order valence-corrected chi connectivity index (χ3v) is 2.39. The maximum atomic E-state index is 10.9. The molecule has 0 spiro atoms. The zero-order valence-corrected chi connectivity index (χ0v) is 10.5. The molecule has 1 aromatic rings. The van der Waals surface area contributed by atoms with Crippen LogP contribution in [0.15, 0.2) is 24.3 Å². The van der Waals surface area contributed by atoms with Crippen LogP contribution >= 0.6 is 0 Å². The van der Waals surface area contributed by atoms with E-state index in [2.05, 4.69) is 5.32 Å². The van der Waals surface area contributed by atoms with E-state index in [-0.39, 0.29) is 17.2 Å². The van der Waals surface area contributed by atoms with Crippen molar-refractivity contribution in [2.75, 3.05) is 6.54 Å². The Morgan fingerprint density at radius 2 is 2.16 bits per heavy atom. The number of hydrogen-bond acceptors (Lipinski definition) is 4. The van der Waals surface area contributed by atoms with Gasteiger partial charge in [-0.1, -0.05) is 12.2 Å². The first-order valence-electron chi connectivity index (χ1n) is 5.69. The van der Waals surface area contributed by atoms with Gasteiger partial charge in [-0.15, -0.1) is 0 Å². The lowest BCUT2D eigenvalue weighted by Gasteiger charge is -2.00. The van der Waals surface area contributed by atoms with Crippen molar-refractivity contribution in [3.63, 3.8) is 0 Å². The minimum atomic E-state index is -0.544. The van der Waals surface area contributed by atoms with Gasteiger partial charge in [-0.2, -0.15) is 0 Å². The Labute approximate surface area is 110 Å². The predicted molar refractivity (Wildman–Crippen MR) is 70.8 cm³/mol. The lowest BCUT2D eigenvalue weighted by atomic mass is 10.1. The Morgan fingerprint density at radius 1 is 1.42 bits per heavy atom. The Bertz CT molecular complexity index is 523. The fraction of sp³-hybridized carbons (Fsp3) is 0.231. The molecule has 6 nitrogen and oxygen atoms in total. The number of non-ortho nitro benzene ring substituents is 1. The fourth-order valence-electron chi connectivity index (χ4n) is 1.47. The number of aldehydes is 1. The van der Waals surface area contributed by atoms with Crippen LogP contribution in [-0.4, -0.2) is 23.7 Å². The van der Waals surface area contributed by atoms with Gasteiger partial charge in [0.15, 0.2) is 6.29 Å². The van der Waals surface area contributed by atoms with Gasteiger partial charge in [-0.25, -0.2) is 0 Å². The Hall–Kier alpha value is -2.50. The molecule has 1 rings (SSSR count). The number of benzene rings is 1. The number of nitrogens with zero attached hydrogens (tertiary/aromatic N) is 1. The maximum Gasteiger partial charge on any atom is 0.270 e. The highest BCUT2D eigenvalue weighted by Gasteiger charge is 2.08. The smallest absolute Gasteiger partial charge is 0.270 e. The molecule has 0 atom stereocenters. The van der Waals surface area contributed by atoms with E-state index in [9.17, 15) is 19.7 Å². The second kappa shape index (κ2) is 7.05. The first kappa shape index (κ1) is 14.6. The van der Waals surface area contributed by atoms with Crippen molar-refractivity contribution < 1.29 is 14.5 Å². The predicted octanol–water partition coefficient (Wildman–Crippen LogP) is 1.95. The minimum absolute atomic E-state index is 0.0997. The van der Waals surface area contributed by atoms with E-state index in [0.717, 1.165) is 0 Å². The molecule has 0 aromatic heterocycles. The molecule has 100 valence electrons. The second-order valence-electron chi connectivity index (χ2n) is 3.86. The second-order valence-corrected chi connectivity index (χ2v) is 3.86. The van der Waals surface area contributed by atoms with E-state index >= 15 is 0 Å². The van der Waals surface area contributed by atoms with Crippen molar-refractivity contribution in [2.45, 2.75) is 13.3 Å². The number of nitro benzene ring substituents is 1. The lowest BCUT2D eigenvalue weighted by molar-refractivity contribution is -0.384. The van der Waals surface area contributed by atoms with Gasteiger partial charge >= 0.3 is 0 Å². The Kier molecular flexibility index (Phi) is 5.40. The summed E-state index contributed by atoms with van der Waals surface area (Å²) in [4.78, 5) is 31.5. The van der Waals surface area contributed by atoms with Crippen molar-refractivity contribution >= 4 is 24.0 Å². The SMILES string of the molecule is CC(=O)NCCC=Cc1ccc([N+](=O)[O-])cc1C=O. The van der Waals surface area contributed by atoms with E-state index < -0.39 is 4.92 Å². The standard InChI is InChI=1S/C13H14N2O4/c1-10(17)14-7-3-2-4-11-5-6-13(15(18)19)8-12(11)9-16/h2,4-6,8-9H,3,7H2,1H3,(H,14,17). The van der Waals surface area contributed by atoms with Crippen LogP contribution < -0.4 is 5.32 Å². The number of nitrogens with one attached hydrogen (secondary N) is 1. The van der Waals surface area contributed by atoms with Crippen molar-refractivity contribution in [3.05, 3.63) is 45.5 Å². The number of nitro groups is 1. The lowest BCUT2D eigenvalue weighted by Crippen LogP contribution is -2.20. The third-order valence-electron chi connectivity index (χ3n) is 2.39. The van der Waals surface area contributed by atoms with Crippen LogP contribution in [0.4, 0.5) is 5.69 Å². The van der Waals surface area contributed by atoms with Gasteiger partial charge in [-0.3, -0.25) is 19.7 Å². The van der Waals surface area contributed by atoms with Crippen LogP contribution in [0.25, 0.3) is 6.08 Å². The third kappa shape index (κ3) is 4.71. The first-order chi connectivity index (χ1) is 9.04. The van der Waals surface area contributed by atoms with Gasteiger partial charge in [0.05, 0.1) is 4.92 Å². The molecule has 0 radical (unpaired) electrons. The molecule has 0 bridgehead atoms. The van der Waals surface area contributed by atoms with Crippen molar-refractivity contribution in [2.24, 2.45) is 0 Å². The highest BCUT2D eigenvalue weighted by Crippen LogP contribution is 2.17. The summed E-state index contributed by atoms with van der Waals surface area (Å²) in [5, 5.41) is 13.2. The Balaban J connectivity index is 2.72. The Morgan fingerprint density at radius 3 is 2.74 bits per heavy atom. The number of carbonyl (C=O) groups is 2. The average Bonchev–Trinajstić information content (AvgIpc) is 2.37. The van der Waals surface area contributed by atoms with E-state index in [1.54, 1.807) is 12.2 Å². The quantitative estimate of drug-likeness (QED) is 0.367. The molecule has 0 saturated carbocycles. The largest absolute Gasteiger partial charge is 0.356 e. The van der Waals surface area contributed by atoms with Gasteiger partial charge in [0.1, 0.15) is 0 Å². The molecule has 0 heterocycles. The van der Waals surface area contributed by atoms with E-state index in [1.807, 2.05) is 0 Å². The van der Waals surface area contributed by atoms with Crippen LogP contribution in [0, 0.1) is 10.1 Å². The van der Waals surface area contributed by atoms with Gasteiger partial charge in [-0.05, 0) is 18.1 Å². The molecule has 19 heavy (non-hydrogen) atoms. The van der Waals surface area contributed by atoms with Gasteiger partial charge in [0.2, 0.25) is 5.91 Å². The summed E-state index contributed by atoms with van der Waals surface area (Å²) < 4.78 is 0. The van der Waals surface area contributed by atoms with E-state index in [1.165, 1.54) is 25.1 Å². The molecular weight excluding hydrogens is 248 g/mol. The number of amides is 1. The van der Waals surface area contributed by atoms with Crippen molar-refractivity contribution in [1.29, 1.82) is 0 Å². The average molecular weight is 262 g/mol. The minimum Gasteiger partial charge on any atom is -0.356 e. The molecular formula is C13H14N2O4. The molecule has 1 amide bonds. The monoisotopic (exact) mass is 262 g/mol. The maximum absolute atomic E-state index is 10.9. The summed E-state index contributed by atoms with van der Waals surface area (Å²) >= 11 is 0. The number of hydrogen-bond donors (Lipinski definition) is 1. The summed E-state index contributed by atoms with van der Waals surface area (Å²) in [6, 6.07) is 4.11. The van der Waals surface area contributed by atoms with E-state index in [4.69, 9.17) is 0 Å². The normalized spacial score (nSPS) is 10.4. The molecule has 0 fully saturated rings. The molecule has 1 N–H and O–H groups in total. The zero-order chi connectivity index (χ0) is 14.3. The molecule has 0 aliphatic heterocycles.